The molecule has 0 spiro atoms. The fourth-order valence-corrected chi connectivity index (χ4v) is 2.13. The van der Waals surface area contributed by atoms with Gasteiger partial charge in [0.05, 0.1) is 5.56 Å². The summed E-state index contributed by atoms with van der Waals surface area (Å²) in [7, 11) is 0. The van der Waals surface area contributed by atoms with Crippen molar-refractivity contribution in [1.82, 2.24) is 0 Å². The highest BCUT2D eigenvalue weighted by molar-refractivity contribution is 5.91. The first kappa shape index (κ1) is 16.2. The van der Waals surface area contributed by atoms with Crippen LogP contribution >= 0.6 is 0 Å². The molecule has 2 aromatic carbocycles. The van der Waals surface area contributed by atoms with Crippen molar-refractivity contribution < 1.29 is 41.7 Å². The van der Waals surface area contributed by atoms with Gasteiger partial charge < -0.3 is 15.3 Å². The van der Waals surface area contributed by atoms with Crippen molar-refractivity contribution in [2.24, 2.45) is 0 Å². The van der Waals surface area contributed by atoms with Gasteiger partial charge in [-0.15, -0.1) is 0 Å². The molecule has 0 saturated carbocycles. The highest BCUT2D eigenvalue weighted by atomic mass is 19.4. The standard InChI is InChI=1S/C13H8F6O3/c14-12(15,16)11(22,13(17,18)19)9-7-4-2-1-3-6(7)5-8(20)10(9)21/h1-5,20-22H. The minimum atomic E-state index is -6.17. The first-order valence-electron chi connectivity index (χ1n) is 5.71. The molecule has 0 aliphatic heterocycles. The minimum absolute atomic E-state index is 0.209. The molecule has 0 atom stereocenters. The third-order valence-corrected chi connectivity index (χ3v) is 3.18. The molecule has 3 N–H and O–H groups in total. The Morgan fingerprint density at radius 2 is 1.32 bits per heavy atom. The summed E-state index contributed by atoms with van der Waals surface area (Å²) in [6.45, 7) is 0. The zero-order valence-corrected chi connectivity index (χ0v) is 10.5. The van der Waals surface area contributed by atoms with Crippen molar-refractivity contribution in [2.75, 3.05) is 0 Å². The molecule has 0 saturated heterocycles. The highest BCUT2D eigenvalue weighted by Gasteiger charge is 2.72. The van der Waals surface area contributed by atoms with E-state index in [-0.39, 0.29) is 5.39 Å². The van der Waals surface area contributed by atoms with Crippen molar-refractivity contribution in [3.05, 3.63) is 35.9 Å². The molecule has 0 amide bonds. The fraction of sp³-hybridized carbons (Fsp3) is 0.231. The lowest BCUT2D eigenvalue weighted by Gasteiger charge is -2.34. The Hall–Kier alpha value is -2.16. The van der Waals surface area contributed by atoms with E-state index in [1.165, 1.54) is 6.07 Å². The van der Waals surface area contributed by atoms with Gasteiger partial charge in [0.1, 0.15) is 0 Å². The average molecular weight is 326 g/mol. The Bertz CT molecular complexity index is 706. The zero-order valence-electron chi connectivity index (χ0n) is 10.5. The molecule has 0 aromatic heterocycles. The summed E-state index contributed by atoms with van der Waals surface area (Å²) < 4.78 is 77.8. The van der Waals surface area contributed by atoms with E-state index >= 15 is 0 Å². The van der Waals surface area contributed by atoms with Crippen molar-refractivity contribution in [1.29, 1.82) is 0 Å². The maximum atomic E-state index is 13.0. The number of aromatic hydroxyl groups is 2. The van der Waals surface area contributed by atoms with Crippen molar-refractivity contribution >= 4 is 10.8 Å². The SMILES string of the molecule is Oc1cc2ccccc2c(C(O)(C(F)(F)F)C(F)(F)F)c1O. The Morgan fingerprint density at radius 3 is 1.82 bits per heavy atom. The molecule has 22 heavy (non-hydrogen) atoms. The van der Waals surface area contributed by atoms with Gasteiger partial charge in [-0.2, -0.15) is 26.3 Å². The topological polar surface area (TPSA) is 60.7 Å². The predicted molar refractivity (Wildman–Crippen MR) is 63.3 cm³/mol. The molecular formula is C13H8F6O3. The van der Waals surface area contributed by atoms with E-state index in [1.54, 1.807) is 0 Å². The van der Waals surface area contributed by atoms with Crippen molar-refractivity contribution in [3.63, 3.8) is 0 Å². The largest absolute Gasteiger partial charge is 0.504 e. The summed E-state index contributed by atoms with van der Waals surface area (Å²) in [6.07, 6.45) is -12.3. The van der Waals surface area contributed by atoms with Gasteiger partial charge in [0, 0.05) is 0 Å². The van der Waals surface area contributed by atoms with Gasteiger partial charge in [-0.25, -0.2) is 0 Å². The van der Waals surface area contributed by atoms with E-state index in [9.17, 15) is 41.7 Å². The Kier molecular flexibility index (Phi) is 3.44. The summed E-state index contributed by atoms with van der Waals surface area (Å²) in [5.74, 6) is -2.89. The summed E-state index contributed by atoms with van der Waals surface area (Å²) in [6, 6.07) is 5.23. The lowest BCUT2D eigenvalue weighted by molar-refractivity contribution is -0.376. The van der Waals surface area contributed by atoms with E-state index in [1.807, 2.05) is 0 Å². The third-order valence-electron chi connectivity index (χ3n) is 3.18. The van der Waals surface area contributed by atoms with E-state index in [4.69, 9.17) is 0 Å². The molecule has 0 bridgehead atoms. The van der Waals surface area contributed by atoms with Gasteiger partial charge in [-0.3, -0.25) is 0 Å². The number of benzene rings is 2. The summed E-state index contributed by atoms with van der Waals surface area (Å²) in [5.41, 5.74) is -7.19. The second-order valence-electron chi connectivity index (χ2n) is 4.55. The Labute approximate surface area is 119 Å². The number of rotatable bonds is 1. The van der Waals surface area contributed by atoms with Crippen LogP contribution in [0.2, 0.25) is 0 Å². The van der Waals surface area contributed by atoms with E-state index in [0.717, 1.165) is 24.3 Å². The molecule has 2 rings (SSSR count). The normalized spacial score (nSPS) is 13.6. The zero-order chi connectivity index (χ0) is 16.9. The van der Waals surface area contributed by atoms with Crippen LogP contribution < -0.4 is 0 Å². The van der Waals surface area contributed by atoms with Crippen LogP contribution in [0.4, 0.5) is 26.3 Å². The molecule has 0 radical (unpaired) electrons. The Balaban J connectivity index is 3.01. The van der Waals surface area contributed by atoms with E-state index < -0.39 is 40.4 Å². The van der Waals surface area contributed by atoms with Crippen LogP contribution in [-0.2, 0) is 5.60 Å². The lowest BCUT2D eigenvalue weighted by atomic mass is 9.86. The smallest absolute Gasteiger partial charge is 0.430 e. The van der Waals surface area contributed by atoms with Crippen LogP contribution in [0.1, 0.15) is 5.56 Å². The molecule has 0 fully saturated rings. The molecule has 0 aliphatic carbocycles. The van der Waals surface area contributed by atoms with Crippen LogP contribution in [0.3, 0.4) is 0 Å². The minimum Gasteiger partial charge on any atom is -0.504 e. The van der Waals surface area contributed by atoms with Crippen LogP contribution in [0.25, 0.3) is 10.8 Å². The molecule has 0 aliphatic rings. The molecule has 120 valence electrons. The summed E-state index contributed by atoms with van der Waals surface area (Å²) in [4.78, 5) is 0. The van der Waals surface area contributed by atoms with Gasteiger partial charge in [0.15, 0.2) is 11.5 Å². The van der Waals surface area contributed by atoms with Gasteiger partial charge in [-0.1, -0.05) is 24.3 Å². The van der Waals surface area contributed by atoms with Gasteiger partial charge in [0.25, 0.3) is 5.60 Å². The van der Waals surface area contributed by atoms with E-state index in [2.05, 4.69) is 0 Å². The lowest BCUT2D eigenvalue weighted by Crippen LogP contribution is -2.54. The number of phenols is 2. The number of fused-ring (bicyclic) bond motifs is 1. The first-order chi connectivity index (χ1) is 9.91. The van der Waals surface area contributed by atoms with Gasteiger partial charge in [0.2, 0.25) is 0 Å². The van der Waals surface area contributed by atoms with Crippen LogP contribution in [0, 0.1) is 0 Å². The maximum Gasteiger partial charge on any atom is 0.430 e. The van der Waals surface area contributed by atoms with Crippen LogP contribution in [0.15, 0.2) is 30.3 Å². The van der Waals surface area contributed by atoms with Gasteiger partial charge >= 0.3 is 12.4 Å². The number of aliphatic hydroxyl groups is 1. The quantitative estimate of drug-likeness (QED) is 0.555. The molecule has 0 heterocycles. The van der Waals surface area contributed by atoms with Crippen LogP contribution in [-0.4, -0.2) is 27.7 Å². The number of phenolic OH excluding ortho intramolecular Hbond substituents is 2. The average Bonchev–Trinajstić information content (AvgIpc) is 2.37. The number of hydrogen-bond donors (Lipinski definition) is 3. The Morgan fingerprint density at radius 1 is 0.818 bits per heavy atom. The predicted octanol–water partition coefficient (Wildman–Crippen LogP) is 3.56. The monoisotopic (exact) mass is 326 g/mol. The number of alkyl halides is 6. The molecule has 3 nitrogen and oxygen atoms in total. The van der Waals surface area contributed by atoms with Gasteiger partial charge in [-0.05, 0) is 16.8 Å². The molecule has 2 aromatic rings. The second kappa shape index (κ2) is 4.67. The van der Waals surface area contributed by atoms with Crippen LogP contribution in [0.5, 0.6) is 11.5 Å². The van der Waals surface area contributed by atoms with Crippen molar-refractivity contribution in [3.8, 4) is 11.5 Å². The number of hydrogen-bond acceptors (Lipinski definition) is 3. The fourth-order valence-electron chi connectivity index (χ4n) is 2.13. The summed E-state index contributed by atoms with van der Waals surface area (Å²) >= 11 is 0. The third kappa shape index (κ3) is 2.12. The molecule has 9 heteroatoms. The van der Waals surface area contributed by atoms with Crippen molar-refractivity contribution in [2.45, 2.75) is 18.0 Å². The summed E-state index contributed by atoms with van der Waals surface area (Å²) in [5, 5.41) is 27.5. The first-order valence-corrected chi connectivity index (χ1v) is 5.71. The number of halogens is 6. The van der Waals surface area contributed by atoms with E-state index in [0.29, 0.717) is 0 Å². The highest BCUT2D eigenvalue weighted by Crippen LogP contribution is 2.55. The molecule has 0 unspecified atom stereocenters. The maximum absolute atomic E-state index is 13.0. The second-order valence-corrected chi connectivity index (χ2v) is 4.55. The molecular weight excluding hydrogens is 318 g/mol.